The monoisotopic (exact) mass is 495 g/mol. The van der Waals surface area contributed by atoms with Crippen molar-refractivity contribution in [1.29, 1.82) is 0 Å². The van der Waals surface area contributed by atoms with Crippen LogP contribution in [0.1, 0.15) is 30.4 Å². The Morgan fingerprint density at radius 2 is 1.44 bits per heavy atom. The van der Waals surface area contributed by atoms with Gasteiger partial charge in [0.1, 0.15) is 11.5 Å². The van der Waals surface area contributed by atoms with Gasteiger partial charge in [0.15, 0.2) is 0 Å². The molecule has 0 spiro atoms. The van der Waals surface area contributed by atoms with Crippen molar-refractivity contribution in [1.82, 2.24) is 14.7 Å². The first-order chi connectivity index (χ1) is 17.4. The van der Waals surface area contributed by atoms with Crippen LogP contribution in [0, 0.1) is 13.8 Å². The fourth-order valence-electron chi connectivity index (χ4n) is 5.08. The highest BCUT2D eigenvalue weighted by Gasteiger charge is 2.21. The van der Waals surface area contributed by atoms with Gasteiger partial charge >= 0.3 is 0 Å². The van der Waals surface area contributed by atoms with Crippen LogP contribution in [-0.4, -0.2) is 97.9 Å². The summed E-state index contributed by atoms with van der Waals surface area (Å²) in [5.74, 6) is 2.01. The highest BCUT2D eigenvalue weighted by Crippen LogP contribution is 2.35. The lowest BCUT2D eigenvalue weighted by Crippen LogP contribution is -2.48. The van der Waals surface area contributed by atoms with Crippen molar-refractivity contribution in [2.24, 2.45) is 0 Å². The zero-order valence-electron chi connectivity index (χ0n) is 22.0. The topological polar surface area (TPSA) is 65.5 Å². The number of ether oxygens (including phenoxy) is 2. The molecule has 7 heteroatoms. The zero-order chi connectivity index (χ0) is 25.5. The van der Waals surface area contributed by atoms with Crippen molar-refractivity contribution in [3.63, 3.8) is 0 Å². The molecular weight excluding hydrogens is 454 g/mol. The van der Waals surface area contributed by atoms with Crippen LogP contribution < -0.4 is 9.47 Å². The Morgan fingerprint density at radius 3 is 1.97 bits per heavy atom. The van der Waals surface area contributed by atoms with E-state index < -0.39 is 0 Å². The maximum Gasteiger partial charge on any atom is 0.236 e. The first kappa shape index (κ1) is 26.5. The van der Waals surface area contributed by atoms with Crippen LogP contribution in [0.15, 0.2) is 36.4 Å². The number of nitrogens with zero attached hydrogens (tertiary/aromatic N) is 3. The molecule has 2 aliphatic heterocycles. The van der Waals surface area contributed by atoms with Gasteiger partial charge in [-0.1, -0.05) is 24.3 Å². The second-order valence-corrected chi connectivity index (χ2v) is 10.1. The predicted molar refractivity (Wildman–Crippen MR) is 143 cm³/mol. The molecule has 0 aromatic heterocycles. The van der Waals surface area contributed by atoms with E-state index in [-0.39, 0.29) is 12.0 Å². The molecule has 2 heterocycles. The van der Waals surface area contributed by atoms with Crippen LogP contribution >= 0.6 is 0 Å². The summed E-state index contributed by atoms with van der Waals surface area (Å²) in [5, 5.41) is 9.69. The minimum absolute atomic E-state index is 0.171. The Hall–Kier alpha value is -2.61. The van der Waals surface area contributed by atoms with Crippen molar-refractivity contribution in [2.45, 2.75) is 39.2 Å². The first-order valence-corrected chi connectivity index (χ1v) is 13.2. The molecule has 2 aromatic carbocycles. The largest absolute Gasteiger partial charge is 0.493 e. The number of β-amino-alcohol motifs (C(OH)–C–C–N with tert-alkyl or cyclic N) is 1. The Kier molecular flexibility index (Phi) is 9.24. The molecule has 1 atom stereocenters. The summed E-state index contributed by atoms with van der Waals surface area (Å²) in [6.45, 7) is 11.3. The summed E-state index contributed by atoms with van der Waals surface area (Å²) >= 11 is 0. The van der Waals surface area contributed by atoms with Crippen LogP contribution in [0.4, 0.5) is 0 Å². The van der Waals surface area contributed by atoms with Crippen LogP contribution in [0.25, 0.3) is 11.1 Å². The number of hydrogen-bond acceptors (Lipinski definition) is 6. The van der Waals surface area contributed by atoms with Gasteiger partial charge in [0.05, 0.1) is 25.9 Å². The van der Waals surface area contributed by atoms with Crippen molar-refractivity contribution >= 4 is 5.91 Å². The fraction of sp³-hybridized carbons (Fsp3) is 0.552. The number of rotatable bonds is 11. The predicted octanol–water partition coefficient (Wildman–Crippen LogP) is 3.35. The lowest BCUT2D eigenvalue weighted by molar-refractivity contribution is -0.134. The van der Waals surface area contributed by atoms with Gasteiger partial charge in [-0.15, -0.1) is 0 Å². The highest BCUT2D eigenvalue weighted by atomic mass is 16.5. The van der Waals surface area contributed by atoms with Gasteiger partial charge in [0.25, 0.3) is 0 Å². The third kappa shape index (κ3) is 6.78. The molecule has 4 rings (SSSR count). The van der Waals surface area contributed by atoms with E-state index in [2.05, 4.69) is 41.8 Å². The summed E-state index contributed by atoms with van der Waals surface area (Å²) in [4.78, 5) is 18.2. The van der Waals surface area contributed by atoms with Gasteiger partial charge in [0.2, 0.25) is 5.91 Å². The first-order valence-electron chi connectivity index (χ1n) is 13.2. The molecule has 1 amide bonds. The van der Waals surface area contributed by atoms with Crippen LogP contribution in [0.5, 0.6) is 11.5 Å². The Labute approximate surface area is 215 Å². The molecule has 2 aliphatic rings. The van der Waals surface area contributed by atoms with Gasteiger partial charge < -0.3 is 24.4 Å². The second-order valence-electron chi connectivity index (χ2n) is 10.1. The minimum Gasteiger partial charge on any atom is -0.493 e. The molecule has 36 heavy (non-hydrogen) atoms. The smallest absolute Gasteiger partial charge is 0.236 e. The van der Waals surface area contributed by atoms with E-state index in [0.29, 0.717) is 19.8 Å². The number of carbonyl (C=O) groups excluding carboxylic acids is 1. The van der Waals surface area contributed by atoms with E-state index in [1.165, 1.54) is 0 Å². The average Bonchev–Trinajstić information content (AvgIpc) is 3.28. The molecule has 2 fully saturated rings. The summed E-state index contributed by atoms with van der Waals surface area (Å²) in [6, 6.07) is 12.5. The van der Waals surface area contributed by atoms with E-state index in [4.69, 9.17) is 9.47 Å². The van der Waals surface area contributed by atoms with Gasteiger partial charge in [-0.05, 0) is 67.5 Å². The number of benzene rings is 2. The zero-order valence-corrected chi connectivity index (χ0v) is 22.0. The molecule has 2 aromatic rings. The fourth-order valence-corrected chi connectivity index (χ4v) is 5.08. The number of hydrogen-bond donors (Lipinski definition) is 1. The van der Waals surface area contributed by atoms with Crippen molar-refractivity contribution < 1.29 is 19.4 Å². The highest BCUT2D eigenvalue weighted by molar-refractivity contribution is 5.78. The van der Waals surface area contributed by atoms with E-state index >= 15 is 0 Å². The second kappa shape index (κ2) is 12.6. The number of aliphatic hydroxyl groups excluding tert-OH is 1. The SMILES string of the molecule is Cc1c(OCCCN2CCN(C)C(=O)C2)cccc1-c1cccc(OCCCN2CCC(O)C2)c1C. The van der Waals surface area contributed by atoms with Crippen molar-refractivity contribution in [3.05, 3.63) is 47.5 Å². The molecule has 0 bridgehead atoms. The lowest BCUT2D eigenvalue weighted by atomic mass is 9.95. The number of carbonyl (C=O) groups is 1. The quantitative estimate of drug-likeness (QED) is 0.483. The van der Waals surface area contributed by atoms with Crippen LogP contribution in [0.2, 0.25) is 0 Å². The van der Waals surface area contributed by atoms with Gasteiger partial charge in [-0.3, -0.25) is 9.69 Å². The summed E-state index contributed by atoms with van der Waals surface area (Å²) in [7, 11) is 1.87. The van der Waals surface area contributed by atoms with Gasteiger partial charge in [0, 0.05) is 46.3 Å². The molecule has 7 nitrogen and oxygen atoms in total. The molecule has 196 valence electrons. The van der Waals surface area contributed by atoms with E-state index in [9.17, 15) is 9.90 Å². The number of piperazine rings is 1. The van der Waals surface area contributed by atoms with E-state index in [0.717, 1.165) is 92.3 Å². The van der Waals surface area contributed by atoms with E-state index in [1.54, 1.807) is 4.90 Å². The van der Waals surface area contributed by atoms with Crippen molar-refractivity contribution in [3.8, 4) is 22.6 Å². The summed E-state index contributed by atoms with van der Waals surface area (Å²) in [6.07, 6.45) is 2.54. The minimum atomic E-state index is -0.171. The number of aliphatic hydroxyl groups is 1. The normalized spacial score (nSPS) is 19.2. The third-order valence-electron chi connectivity index (χ3n) is 7.39. The van der Waals surface area contributed by atoms with Crippen LogP contribution in [-0.2, 0) is 4.79 Å². The standard InChI is InChI=1S/C29H41N3O4/c1-22-25(8-4-10-27(22)35-18-6-13-31-15-12-24(33)20-31)26-9-5-11-28(23(26)2)36-19-7-14-32-17-16-30(3)29(34)21-32/h4-5,8-11,24,33H,6-7,12-21H2,1-3H3. The molecule has 1 unspecified atom stereocenters. The Balaban J connectivity index is 1.30. The number of amides is 1. The summed E-state index contributed by atoms with van der Waals surface area (Å²) in [5.41, 5.74) is 4.58. The lowest BCUT2D eigenvalue weighted by Gasteiger charge is -2.31. The molecule has 0 saturated carbocycles. The summed E-state index contributed by atoms with van der Waals surface area (Å²) < 4.78 is 12.3. The Bertz CT molecular complexity index is 1030. The maximum absolute atomic E-state index is 11.9. The van der Waals surface area contributed by atoms with Crippen molar-refractivity contribution in [2.75, 3.05) is 66.1 Å². The van der Waals surface area contributed by atoms with Crippen LogP contribution in [0.3, 0.4) is 0 Å². The van der Waals surface area contributed by atoms with E-state index in [1.807, 2.05) is 25.2 Å². The maximum atomic E-state index is 11.9. The third-order valence-corrected chi connectivity index (χ3v) is 7.39. The molecular formula is C29H41N3O4. The average molecular weight is 496 g/mol. The van der Waals surface area contributed by atoms with Gasteiger partial charge in [-0.2, -0.15) is 0 Å². The number of likely N-dealkylation sites (N-methyl/N-ethyl adjacent to an activating group) is 1. The van der Waals surface area contributed by atoms with Gasteiger partial charge in [-0.25, -0.2) is 0 Å². The molecule has 2 saturated heterocycles. The Morgan fingerprint density at radius 1 is 0.861 bits per heavy atom. The molecule has 0 aliphatic carbocycles. The molecule has 0 radical (unpaired) electrons. The number of likely N-dealkylation sites (tertiary alicyclic amines) is 1. The molecule has 1 N–H and O–H groups in total.